The van der Waals surface area contributed by atoms with Crippen molar-refractivity contribution in [3.63, 3.8) is 0 Å². The van der Waals surface area contributed by atoms with Gasteiger partial charge >= 0.3 is 0 Å². The van der Waals surface area contributed by atoms with Crippen molar-refractivity contribution in [2.45, 2.75) is 39.7 Å². The second-order valence-electron chi connectivity index (χ2n) is 4.31. The van der Waals surface area contributed by atoms with Crippen LogP contribution in [0, 0.1) is 11.8 Å². The summed E-state index contributed by atoms with van der Waals surface area (Å²) in [5.74, 6) is 0.538. The van der Waals surface area contributed by atoms with E-state index in [1.54, 1.807) is 7.11 Å². The molecule has 2 unspecified atom stereocenters. The first kappa shape index (κ1) is 13.4. The standard InChI is InChI=1S/C12H22O2/c1-9(2)6-12(14-5)7-11(8-13)10(3)4/h8-9,11-12H,3,6-7H2,1-2,4-5H3. The van der Waals surface area contributed by atoms with Crippen LogP contribution in [0.25, 0.3) is 0 Å². The molecule has 0 saturated carbocycles. The minimum absolute atomic E-state index is 0.0568. The molecule has 82 valence electrons. The molecule has 2 atom stereocenters. The summed E-state index contributed by atoms with van der Waals surface area (Å²) in [6.07, 6.45) is 2.89. The fraction of sp³-hybridized carbons (Fsp3) is 0.750. The lowest BCUT2D eigenvalue weighted by atomic mass is 9.92. The van der Waals surface area contributed by atoms with Crippen LogP contribution in [0.2, 0.25) is 0 Å². The number of carbonyl (C=O) groups excluding carboxylic acids is 1. The summed E-state index contributed by atoms with van der Waals surface area (Å²) in [6.45, 7) is 10.0. The topological polar surface area (TPSA) is 26.3 Å². The Morgan fingerprint density at radius 2 is 2.00 bits per heavy atom. The average molecular weight is 198 g/mol. The van der Waals surface area contributed by atoms with Crippen LogP contribution >= 0.6 is 0 Å². The van der Waals surface area contributed by atoms with Gasteiger partial charge in [0.15, 0.2) is 0 Å². The normalized spacial score (nSPS) is 15.2. The van der Waals surface area contributed by atoms with Gasteiger partial charge < -0.3 is 9.53 Å². The van der Waals surface area contributed by atoms with Crippen LogP contribution in [0.5, 0.6) is 0 Å². The maximum absolute atomic E-state index is 10.8. The highest BCUT2D eigenvalue weighted by Gasteiger charge is 2.17. The predicted octanol–water partition coefficient (Wildman–Crippen LogP) is 2.83. The third kappa shape index (κ3) is 5.18. The predicted molar refractivity (Wildman–Crippen MR) is 59.2 cm³/mol. The van der Waals surface area contributed by atoms with E-state index in [0.29, 0.717) is 5.92 Å². The minimum Gasteiger partial charge on any atom is -0.381 e. The Hall–Kier alpha value is -0.630. The molecule has 0 fully saturated rings. The van der Waals surface area contributed by atoms with Crippen molar-refractivity contribution in [3.05, 3.63) is 12.2 Å². The Bertz CT molecular complexity index is 185. The number of allylic oxidation sites excluding steroid dienone is 1. The molecule has 0 aromatic carbocycles. The molecule has 2 heteroatoms. The lowest BCUT2D eigenvalue weighted by molar-refractivity contribution is -0.111. The molecule has 0 radical (unpaired) electrons. The smallest absolute Gasteiger partial charge is 0.127 e. The molecule has 0 aromatic rings. The largest absolute Gasteiger partial charge is 0.381 e. The fourth-order valence-corrected chi connectivity index (χ4v) is 1.47. The Morgan fingerprint density at radius 1 is 1.43 bits per heavy atom. The molecule has 0 spiro atoms. The van der Waals surface area contributed by atoms with Crippen molar-refractivity contribution in [1.29, 1.82) is 0 Å². The molecule has 0 amide bonds. The molecule has 0 heterocycles. The highest BCUT2D eigenvalue weighted by molar-refractivity contribution is 5.58. The van der Waals surface area contributed by atoms with Gasteiger partial charge in [0, 0.05) is 13.0 Å². The van der Waals surface area contributed by atoms with Gasteiger partial charge in [-0.25, -0.2) is 0 Å². The van der Waals surface area contributed by atoms with Crippen molar-refractivity contribution in [2.75, 3.05) is 7.11 Å². The number of carbonyl (C=O) groups is 1. The first-order valence-electron chi connectivity index (χ1n) is 5.14. The molecule has 0 aliphatic carbocycles. The lowest BCUT2D eigenvalue weighted by Gasteiger charge is -2.20. The fourth-order valence-electron chi connectivity index (χ4n) is 1.47. The van der Waals surface area contributed by atoms with Crippen LogP contribution in [0.15, 0.2) is 12.2 Å². The zero-order valence-electron chi connectivity index (χ0n) is 9.75. The molecule has 0 aromatic heterocycles. The molecule has 2 nitrogen and oxygen atoms in total. The molecule has 0 aliphatic rings. The van der Waals surface area contributed by atoms with Gasteiger partial charge in [0.2, 0.25) is 0 Å². The molecule has 0 aliphatic heterocycles. The van der Waals surface area contributed by atoms with Gasteiger partial charge in [0.05, 0.1) is 6.10 Å². The first-order chi connectivity index (χ1) is 6.51. The van der Waals surface area contributed by atoms with E-state index in [4.69, 9.17) is 4.74 Å². The maximum Gasteiger partial charge on any atom is 0.127 e. The van der Waals surface area contributed by atoms with E-state index >= 15 is 0 Å². The minimum atomic E-state index is -0.0568. The summed E-state index contributed by atoms with van der Waals surface area (Å²) in [6, 6.07) is 0. The first-order valence-corrected chi connectivity index (χ1v) is 5.14. The Labute approximate surface area is 87.3 Å². The van der Waals surface area contributed by atoms with Crippen LogP contribution in [0.1, 0.15) is 33.6 Å². The lowest BCUT2D eigenvalue weighted by Crippen LogP contribution is -2.19. The number of hydrogen-bond donors (Lipinski definition) is 0. The summed E-state index contributed by atoms with van der Waals surface area (Å²) in [4.78, 5) is 10.8. The summed E-state index contributed by atoms with van der Waals surface area (Å²) in [5, 5.41) is 0. The van der Waals surface area contributed by atoms with Gasteiger partial charge in [-0.3, -0.25) is 0 Å². The maximum atomic E-state index is 10.8. The van der Waals surface area contributed by atoms with Gasteiger partial charge in [-0.15, -0.1) is 0 Å². The van der Waals surface area contributed by atoms with Crippen molar-refractivity contribution in [2.24, 2.45) is 11.8 Å². The van der Waals surface area contributed by atoms with E-state index in [-0.39, 0.29) is 12.0 Å². The number of hydrogen-bond acceptors (Lipinski definition) is 2. The van der Waals surface area contributed by atoms with Crippen molar-refractivity contribution < 1.29 is 9.53 Å². The SMILES string of the molecule is C=C(C)C(C=O)CC(CC(C)C)OC. The molecular formula is C12H22O2. The van der Waals surface area contributed by atoms with E-state index in [2.05, 4.69) is 20.4 Å². The highest BCUT2D eigenvalue weighted by Crippen LogP contribution is 2.19. The summed E-state index contributed by atoms with van der Waals surface area (Å²) in [5.41, 5.74) is 0.922. The summed E-state index contributed by atoms with van der Waals surface area (Å²) < 4.78 is 5.34. The Morgan fingerprint density at radius 3 is 2.29 bits per heavy atom. The van der Waals surface area contributed by atoms with Crippen LogP contribution < -0.4 is 0 Å². The van der Waals surface area contributed by atoms with Crippen molar-refractivity contribution >= 4 is 6.29 Å². The number of aldehydes is 1. The Kier molecular flexibility index (Phi) is 6.46. The van der Waals surface area contributed by atoms with Gasteiger partial charge in [-0.2, -0.15) is 0 Å². The van der Waals surface area contributed by atoms with Gasteiger partial charge in [-0.1, -0.05) is 26.0 Å². The molecular weight excluding hydrogens is 176 g/mol. The zero-order valence-corrected chi connectivity index (χ0v) is 9.75. The second-order valence-corrected chi connectivity index (χ2v) is 4.31. The van der Waals surface area contributed by atoms with Gasteiger partial charge in [0.25, 0.3) is 0 Å². The van der Waals surface area contributed by atoms with Crippen molar-refractivity contribution in [3.8, 4) is 0 Å². The van der Waals surface area contributed by atoms with E-state index in [1.165, 1.54) is 0 Å². The average Bonchev–Trinajstić information content (AvgIpc) is 2.10. The zero-order chi connectivity index (χ0) is 11.1. The molecule has 0 rings (SSSR count). The third-order valence-electron chi connectivity index (χ3n) is 2.38. The van der Waals surface area contributed by atoms with Gasteiger partial charge in [-0.05, 0) is 25.7 Å². The summed E-state index contributed by atoms with van der Waals surface area (Å²) in [7, 11) is 1.70. The third-order valence-corrected chi connectivity index (χ3v) is 2.38. The van der Waals surface area contributed by atoms with Crippen LogP contribution in [-0.2, 0) is 9.53 Å². The Balaban J connectivity index is 4.13. The summed E-state index contributed by atoms with van der Waals surface area (Å²) >= 11 is 0. The van der Waals surface area contributed by atoms with E-state index in [0.717, 1.165) is 24.7 Å². The molecule has 14 heavy (non-hydrogen) atoms. The molecule has 0 saturated heterocycles. The number of ether oxygens (including phenoxy) is 1. The number of rotatable bonds is 7. The second kappa shape index (κ2) is 6.77. The molecule has 0 bridgehead atoms. The van der Waals surface area contributed by atoms with E-state index < -0.39 is 0 Å². The molecule has 0 N–H and O–H groups in total. The monoisotopic (exact) mass is 198 g/mol. The van der Waals surface area contributed by atoms with Crippen LogP contribution in [-0.4, -0.2) is 19.5 Å². The van der Waals surface area contributed by atoms with E-state index in [9.17, 15) is 4.79 Å². The number of methoxy groups -OCH3 is 1. The van der Waals surface area contributed by atoms with Gasteiger partial charge in [0.1, 0.15) is 6.29 Å². The van der Waals surface area contributed by atoms with E-state index in [1.807, 2.05) is 6.92 Å². The quantitative estimate of drug-likeness (QED) is 0.464. The highest BCUT2D eigenvalue weighted by atomic mass is 16.5. The van der Waals surface area contributed by atoms with Crippen LogP contribution in [0.4, 0.5) is 0 Å². The van der Waals surface area contributed by atoms with Crippen molar-refractivity contribution in [1.82, 2.24) is 0 Å². The van der Waals surface area contributed by atoms with Crippen LogP contribution in [0.3, 0.4) is 0 Å².